The average molecular weight is 1380 g/mol. The summed E-state index contributed by atoms with van der Waals surface area (Å²) in [5.41, 5.74) is 8.12. The number of rotatable bonds is 12. The van der Waals surface area contributed by atoms with Gasteiger partial charge in [-0.2, -0.15) is 0 Å². The molecule has 0 nitrogen and oxygen atoms in total. The summed E-state index contributed by atoms with van der Waals surface area (Å²) in [4.78, 5) is 0. The standard InChI is InChI=1S/C48H42Te6/c1-31-7-19-37(20-8-31)49-43-44(50-38-21-9-32(2)10-22-38)46(52-40-25-13-34(4)14-26-40)48(54-42-29-17-36(6)18-30-42)47(53-41-27-15-35(5)16-28-41)45(43)51-39-23-11-33(3)12-24-39/h7-30H,1-6H3. The molecule has 0 aliphatic rings. The zero-order valence-corrected chi connectivity index (χ0v) is 45.3. The van der Waals surface area contributed by atoms with Crippen LogP contribution >= 0.6 is 0 Å². The second-order valence-electron chi connectivity index (χ2n) is 13.5. The van der Waals surface area contributed by atoms with Crippen LogP contribution in [0, 0.1) is 41.5 Å². The molecule has 0 N–H and O–H groups in total. The Morgan fingerprint density at radius 1 is 0.185 bits per heavy atom. The van der Waals surface area contributed by atoms with E-state index in [-0.39, 0.29) is 0 Å². The van der Waals surface area contributed by atoms with Gasteiger partial charge in [0.05, 0.1) is 0 Å². The summed E-state index contributed by atoms with van der Waals surface area (Å²) in [7, 11) is 0. The molecule has 0 fully saturated rings. The maximum atomic E-state index is 2.46. The first-order valence-corrected chi connectivity index (χ1v) is 31.9. The van der Waals surface area contributed by atoms with E-state index in [0.29, 0.717) is 0 Å². The quantitative estimate of drug-likeness (QED) is 0.163. The first kappa shape index (κ1) is 41.4. The predicted molar refractivity (Wildman–Crippen MR) is 244 cm³/mol. The van der Waals surface area contributed by atoms with Gasteiger partial charge < -0.3 is 0 Å². The number of hydrogen-bond donors (Lipinski definition) is 0. The van der Waals surface area contributed by atoms with Crippen molar-refractivity contribution in [3.8, 4) is 0 Å². The first-order chi connectivity index (χ1) is 26.2. The third-order valence-electron chi connectivity index (χ3n) is 8.68. The van der Waals surface area contributed by atoms with Gasteiger partial charge in [-0.15, -0.1) is 0 Å². The van der Waals surface area contributed by atoms with E-state index in [1.54, 1.807) is 21.7 Å². The van der Waals surface area contributed by atoms with Crippen LogP contribution < -0.4 is 43.3 Å². The summed E-state index contributed by atoms with van der Waals surface area (Å²) in [5, 5.41) is 0. The fraction of sp³-hybridized carbons (Fsp3) is 0.125. The fourth-order valence-electron chi connectivity index (χ4n) is 5.52. The minimum atomic E-state index is -0.646. The van der Waals surface area contributed by atoms with Crippen molar-refractivity contribution in [3.05, 3.63) is 179 Å². The van der Waals surface area contributed by atoms with Crippen molar-refractivity contribution >= 4 is 169 Å². The van der Waals surface area contributed by atoms with Gasteiger partial charge in [0, 0.05) is 0 Å². The molecule has 270 valence electrons. The third-order valence-corrected chi connectivity index (χ3v) is 35.4. The molecule has 7 aromatic rings. The molecule has 0 atom stereocenters. The summed E-state index contributed by atoms with van der Waals surface area (Å²) in [6.07, 6.45) is 0. The summed E-state index contributed by atoms with van der Waals surface area (Å²) in [5.74, 6) is 0. The Bertz CT molecular complexity index is 1870. The van der Waals surface area contributed by atoms with E-state index in [2.05, 4.69) is 187 Å². The second kappa shape index (κ2) is 19.8. The molecular formula is C48H42Te6. The van der Waals surface area contributed by atoms with E-state index in [1.165, 1.54) is 33.4 Å². The van der Waals surface area contributed by atoms with Gasteiger partial charge in [0.15, 0.2) is 0 Å². The Morgan fingerprint density at radius 2 is 0.296 bits per heavy atom. The van der Waals surface area contributed by atoms with Crippen molar-refractivity contribution in [1.82, 2.24) is 0 Å². The molecule has 7 rings (SSSR count). The van der Waals surface area contributed by atoms with Crippen LogP contribution in [0.1, 0.15) is 33.4 Å². The van der Waals surface area contributed by atoms with E-state index >= 15 is 0 Å². The van der Waals surface area contributed by atoms with Crippen molar-refractivity contribution < 1.29 is 0 Å². The van der Waals surface area contributed by atoms with Crippen LogP contribution in [0.15, 0.2) is 146 Å². The molecule has 0 aliphatic heterocycles. The molecule has 0 saturated carbocycles. The van der Waals surface area contributed by atoms with Crippen LogP contribution in [-0.2, 0) is 0 Å². The average Bonchev–Trinajstić information content (AvgIpc) is 3.17. The van der Waals surface area contributed by atoms with E-state index in [9.17, 15) is 0 Å². The number of aryl methyl sites for hydroxylation is 6. The molecule has 0 amide bonds. The van der Waals surface area contributed by atoms with E-state index in [4.69, 9.17) is 0 Å². The molecule has 0 heterocycles. The van der Waals surface area contributed by atoms with Gasteiger partial charge in [0.25, 0.3) is 0 Å². The molecule has 0 aliphatic carbocycles. The maximum absolute atomic E-state index is 2.46. The van der Waals surface area contributed by atoms with E-state index in [1.807, 2.05) is 21.7 Å². The van der Waals surface area contributed by atoms with Gasteiger partial charge in [-0.05, 0) is 0 Å². The van der Waals surface area contributed by atoms with Crippen molar-refractivity contribution in [2.75, 3.05) is 0 Å². The molecule has 7 aromatic carbocycles. The Hall–Kier alpha value is -0.722. The van der Waals surface area contributed by atoms with Crippen molar-refractivity contribution in [2.45, 2.75) is 41.5 Å². The molecule has 6 heteroatoms. The van der Waals surface area contributed by atoms with E-state index in [0.717, 1.165) is 0 Å². The van der Waals surface area contributed by atoms with Crippen molar-refractivity contribution in [3.63, 3.8) is 0 Å². The molecule has 0 aromatic heterocycles. The van der Waals surface area contributed by atoms with E-state index < -0.39 is 126 Å². The van der Waals surface area contributed by atoms with Gasteiger partial charge in [-0.1, -0.05) is 0 Å². The predicted octanol–water partition coefficient (Wildman–Crippen LogP) is 1.47. The Kier molecular flexibility index (Phi) is 15.2. The van der Waals surface area contributed by atoms with Gasteiger partial charge in [0.2, 0.25) is 0 Å². The SMILES string of the molecule is Cc1ccc([Te]c2c([Te]c3ccc(C)cc3)c([Te]c3ccc(C)cc3)c([Te]c3ccc(C)cc3)c([Te]c3ccc(C)cc3)c2[Te]c2ccc(C)cc2)cc1. The molecule has 0 bridgehead atoms. The summed E-state index contributed by atoms with van der Waals surface area (Å²) >= 11 is -3.88. The fourth-order valence-corrected chi connectivity index (χ4v) is 34.2. The van der Waals surface area contributed by atoms with Crippen LogP contribution in [0.5, 0.6) is 0 Å². The van der Waals surface area contributed by atoms with Crippen molar-refractivity contribution in [1.29, 1.82) is 0 Å². The third kappa shape index (κ3) is 11.3. The van der Waals surface area contributed by atoms with Gasteiger partial charge in [-0.25, -0.2) is 0 Å². The zero-order valence-electron chi connectivity index (χ0n) is 31.3. The monoisotopic (exact) mass is 1400 g/mol. The number of benzene rings is 7. The topological polar surface area (TPSA) is 0 Å². The zero-order chi connectivity index (χ0) is 37.6. The van der Waals surface area contributed by atoms with Crippen LogP contribution in [0.2, 0.25) is 0 Å². The second-order valence-corrected chi connectivity index (χ2v) is 32.0. The molecule has 0 unspecified atom stereocenters. The van der Waals surface area contributed by atoms with Crippen LogP contribution in [0.25, 0.3) is 0 Å². The molecule has 54 heavy (non-hydrogen) atoms. The van der Waals surface area contributed by atoms with Gasteiger partial charge >= 0.3 is 389 Å². The Labute approximate surface area is 383 Å². The first-order valence-electron chi connectivity index (χ1n) is 17.9. The van der Waals surface area contributed by atoms with Crippen molar-refractivity contribution in [2.24, 2.45) is 0 Å². The normalized spacial score (nSPS) is 11.2. The summed E-state index contributed by atoms with van der Waals surface area (Å²) in [6, 6.07) is 57.8. The summed E-state index contributed by atoms with van der Waals surface area (Å²) < 4.78 is 20.4. The Morgan fingerprint density at radius 3 is 0.407 bits per heavy atom. The summed E-state index contributed by atoms with van der Waals surface area (Å²) in [6.45, 7) is 13.4. The van der Waals surface area contributed by atoms with Crippen LogP contribution in [0.3, 0.4) is 0 Å². The molecule has 0 spiro atoms. The number of hydrogen-bond acceptors (Lipinski definition) is 0. The molecule has 0 saturated heterocycles. The minimum absolute atomic E-state index is 0.646. The molecular weight excluding hydrogens is 1340 g/mol. The van der Waals surface area contributed by atoms with Gasteiger partial charge in [0.1, 0.15) is 0 Å². The molecule has 0 radical (unpaired) electrons. The van der Waals surface area contributed by atoms with Crippen LogP contribution in [-0.4, -0.2) is 126 Å². The Balaban J connectivity index is 1.57. The van der Waals surface area contributed by atoms with Crippen LogP contribution in [0.4, 0.5) is 0 Å². The van der Waals surface area contributed by atoms with Gasteiger partial charge in [-0.3, -0.25) is 0 Å².